The van der Waals surface area contributed by atoms with E-state index in [2.05, 4.69) is 15.5 Å². The van der Waals surface area contributed by atoms with E-state index in [0.717, 1.165) is 18.4 Å². The van der Waals surface area contributed by atoms with Crippen molar-refractivity contribution in [2.75, 3.05) is 11.9 Å². The van der Waals surface area contributed by atoms with Gasteiger partial charge in [0.2, 0.25) is 11.7 Å². The first-order valence-electron chi connectivity index (χ1n) is 8.64. The molecule has 4 rings (SSSR count). The monoisotopic (exact) mass is 436 g/mol. The lowest BCUT2D eigenvalue weighted by Gasteiger charge is -2.22. The number of carbonyl (C=O) groups excluding carboxylic acids is 1. The minimum Gasteiger partial charge on any atom is -0.337 e. The molecule has 2 amide bonds. The van der Waals surface area contributed by atoms with Gasteiger partial charge in [-0.1, -0.05) is 58.2 Å². The summed E-state index contributed by atoms with van der Waals surface area (Å²) in [6.45, 7) is 0.563. The molecule has 0 aliphatic carbocycles. The Balaban J connectivity index is 1.55. The van der Waals surface area contributed by atoms with Gasteiger partial charge in [0, 0.05) is 17.1 Å². The van der Waals surface area contributed by atoms with Crippen LogP contribution < -0.4 is 5.32 Å². The largest absolute Gasteiger partial charge is 0.337 e. The minimum atomic E-state index is -0.319. The van der Waals surface area contributed by atoms with Crippen molar-refractivity contribution in [1.29, 1.82) is 0 Å². The van der Waals surface area contributed by atoms with Gasteiger partial charge in [-0.2, -0.15) is 4.98 Å². The molecule has 1 aliphatic heterocycles. The lowest BCUT2D eigenvalue weighted by atomic mass is 10.2. The number of para-hydroxylation sites is 1. The van der Waals surface area contributed by atoms with Gasteiger partial charge in [0.05, 0.1) is 15.7 Å². The number of hydrogen-bond acceptors (Lipinski definition) is 4. The average molecular weight is 438 g/mol. The van der Waals surface area contributed by atoms with Gasteiger partial charge in [-0.05, 0) is 37.1 Å². The van der Waals surface area contributed by atoms with Gasteiger partial charge in [0.15, 0.2) is 0 Å². The van der Waals surface area contributed by atoms with Crippen molar-refractivity contribution in [3.63, 3.8) is 0 Å². The summed E-state index contributed by atoms with van der Waals surface area (Å²) >= 11 is 18.3. The molecule has 0 bridgehead atoms. The zero-order chi connectivity index (χ0) is 19.7. The zero-order valence-electron chi connectivity index (χ0n) is 14.5. The summed E-state index contributed by atoms with van der Waals surface area (Å²) in [5.74, 6) is 0.812. The number of carbonyl (C=O) groups is 1. The highest BCUT2D eigenvalue weighted by atomic mass is 35.5. The zero-order valence-corrected chi connectivity index (χ0v) is 16.8. The molecule has 9 heteroatoms. The molecule has 1 atom stereocenters. The Bertz CT molecular complexity index is 1000. The smallest absolute Gasteiger partial charge is 0.322 e. The topological polar surface area (TPSA) is 71.3 Å². The number of nitrogens with one attached hydrogen (secondary N) is 1. The first kappa shape index (κ1) is 19.1. The first-order valence-corrected chi connectivity index (χ1v) is 9.77. The van der Waals surface area contributed by atoms with Gasteiger partial charge < -0.3 is 14.7 Å². The lowest BCUT2D eigenvalue weighted by molar-refractivity contribution is 0.193. The molecular weight excluding hydrogens is 423 g/mol. The molecular formula is C19H15Cl3N4O2. The molecule has 1 unspecified atom stereocenters. The van der Waals surface area contributed by atoms with Crippen LogP contribution in [0.25, 0.3) is 11.4 Å². The summed E-state index contributed by atoms with van der Waals surface area (Å²) in [5.41, 5.74) is 1.13. The number of benzene rings is 2. The summed E-state index contributed by atoms with van der Waals surface area (Å²) in [7, 11) is 0. The molecule has 1 fully saturated rings. The van der Waals surface area contributed by atoms with Crippen LogP contribution in [0.5, 0.6) is 0 Å². The van der Waals surface area contributed by atoms with E-state index >= 15 is 0 Å². The molecule has 28 heavy (non-hydrogen) atoms. The van der Waals surface area contributed by atoms with Gasteiger partial charge >= 0.3 is 6.03 Å². The van der Waals surface area contributed by atoms with E-state index in [4.69, 9.17) is 39.3 Å². The maximum atomic E-state index is 12.8. The minimum absolute atomic E-state index is 0.318. The highest BCUT2D eigenvalue weighted by Crippen LogP contribution is 2.35. The summed E-state index contributed by atoms with van der Waals surface area (Å²) in [6.07, 6.45) is 1.55. The third-order valence-electron chi connectivity index (χ3n) is 4.52. The number of nitrogens with zero attached hydrogens (tertiary/aromatic N) is 3. The van der Waals surface area contributed by atoms with Crippen LogP contribution in [0.3, 0.4) is 0 Å². The van der Waals surface area contributed by atoms with E-state index in [0.29, 0.717) is 39.0 Å². The fraction of sp³-hybridized carbons (Fsp3) is 0.211. The van der Waals surface area contributed by atoms with Gasteiger partial charge in [0.25, 0.3) is 0 Å². The molecule has 1 N–H and O–H groups in total. The van der Waals surface area contributed by atoms with Crippen LogP contribution in [0.1, 0.15) is 24.8 Å². The van der Waals surface area contributed by atoms with Crippen molar-refractivity contribution in [3.8, 4) is 11.4 Å². The highest BCUT2D eigenvalue weighted by molar-refractivity contribution is 6.39. The van der Waals surface area contributed by atoms with Crippen LogP contribution in [-0.2, 0) is 0 Å². The van der Waals surface area contributed by atoms with Gasteiger partial charge in [-0.15, -0.1) is 0 Å². The second-order valence-electron chi connectivity index (χ2n) is 6.34. The van der Waals surface area contributed by atoms with E-state index in [-0.39, 0.29) is 12.1 Å². The number of likely N-dealkylation sites (tertiary alicyclic amines) is 1. The number of urea groups is 1. The summed E-state index contributed by atoms with van der Waals surface area (Å²) < 4.78 is 5.44. The summed E-state index contributed by atoms with van der Waals surface area (Å²) in [4.78, 5) is 18.9. The number of halogens is 3. The fourth-order valence-corrected chi connectivity index (χ4v) is 3.86. The van der Waals surface area contributed by atoms with Gasteiger partial charge in [0.1, 0.15) is 6.04 Å². The molecule has 0 saturated carbocycles. The van der Waals surface area contributed by atoms with E-state index < -0.39 is 0 Å². The Hall–Kier alpha value is -2.28. The van der Waals surface area contributed by atoms with Crippen LogP contribution in [-0.4, -0.2) is 27.6 Å². The molecule has 3 aromatic rings. The number of aromatic nitrogens is 2. The maximum absolute atomic E-state index is 12.8. The normalized spacial score (nSPS) is 16.4. The predicted octanol–water partition coefficient (Wildman–Crippen LogP) is 6.07. The van der Waals surface area contributed by atoms with Crippen LogP contribution >= 0.6 is 34.8 Å². The summed E-state index contributed by atoms with van der Waals surface area (Å²) in [6, 6.07) is 11.6. The molecule has 1 aromatic heterocycles. The molecule has 144 valence electrons. The molecule has 2 heterocycles. The molecule has 0 radical (unpaired) electrons. The third-order valence-corrected chi connectivity index (χ3v) is 5.38. The van der Waals surface area contributed by atoms with Crippen molar-refractivity contribution in [3.05, 3.63) is 63.4 Å². The van der Waals surface area contributed by atoms with Crippen molar-refractivity contribution >= 4 is 46.5 Å². The third kappa shape index (κ3) is 3.81. The van der Waals surface area contributed by atoms with Crippen LogP contribution in [0.15, 0.2) is 47.0 Å². The second kappa shape index (κ2) is 7.99. The quantitative estimate of drug-likeness (QED) is 0.540. The van der Waals surface area contributed by atoms with Crippen LogP contribution in [0.4, 0.5) is 10.5 Å². The Kier molecular flexibility index (Phi) is 5.44. The molecule has 0 spiro atoms. The highest BCUT2D eigenvalue weighted by Gasteiger charge is 2.34. The molecule has 1 aliphatic rings. The van der Waals surface area contributed by atoms with Crippen molar-refractivity contribution in [1.82, 2.24) is 15.0 Å². The number of rotatable bonds is 3. The van der Waals surface area contributed by atoms with Gasteiger partial charge in [-0.25, -0.2) is 4.79 Å². The first-order chi connectivity index (χ1) is 13.5. The number of amides is 2. The number of hydrogen-bond donors (Lipinski definition) is 1. The Morgan fingerprint density at radius 3 is 2.64 bits per heavy atom. The Labute approximate surface area is 176 Å². The fourth-order valence-electron chi connectivity index (χ4n) is 3.18. The lowest BCUT2D eigenvalue weighted by Crippen LogP contribution is -2.34. The number of anilines is 1. The van der Waals surface area contributed by atoms with E-state index in [1.165, 1.54) is 0 Å². The summed E-state index contributed by atoms with van der Waals surface area (Å²) in [5, 5.41) is 8.15. The second-order valence-corrected chi connectivity index (χ2v) is 7.60. The van der Waals surface area contributed by atoms with Crippen molar-refractivity contribution < 1.29 is 9.32 Å². The molecule has 6 nitrogen and oxygen atoms in total. The maximum Gasteiger partial charge on any atom is 0.322 e. The van der Waals surface area contributed by atoms with Crippen molar-refractivity contribution in [2.45, 2.75) is 18.9 Å². The van der Waals surface area contributed by atoms with E-state index in [1.807, 2.05) is 12.1 Å². The Morgan fingerprint density at radius 1 is 1.14 bits per heavy atom. The van der Waals surface area contributed by atoms with E-state index in [1.54, 1.807) is 35.2 Å². The molecule has 2 aromatic carbocycles. The SMILES string of the molecule is O=C(Nc1c(Cl)cccc1Cl)N1CCCC1c1nc(-c2cccc(Cl)c2)no1. The standard InChI is InChI=1S/C19H15Cl3N4O2/c20-12-5-1-4-11(10-12)17-24-18(28-25-17)15-8-3-9-26(15)19(27)23-16-13(21)6-2-7-14(16)22/h1-2,4-7,10,15H,3,8-9H2,(H,23,27). The Morgan fingerprint density at radius 2 is 1.89 bits per heavy atom. The van der Waals surface area contributed by atoms with Crippen LogP contribution in [0, 0.1) is 0 Å². The van der Waals surface area contributed by atoms with E-state index in [9.17, 15) is 4.79 Å². The predicted molar refractivity (Wildman–Crippen MR) is 109 cm³/mol. The average Bonchev–Trinajstić information content (AvgIpc) is 3.33. The molecule has 1 saturated heterocycles. The van der Waals surface area contributed by atoms with Crippen molar-refractivity contribution in [2.24, 2.45) is 0 Å². The van der Waals surface area contributed by atoms with Crippen LogP contribution in [0.2, 0.25) is 15.1 Å². The van der Waals surface area contributed by atoms with Gasteiger partial charge in [-0.3, -0.25) is 0 Å².